The second-order valence-electron chi connectivity index (χ2n) is 8.47. The number of halogens is 2. The van der Waals surface area contributed by atoms with E-state index in [-0.39, 0.29) is 0 Å². The first-order valence-corrected chi connectivity index (χ1v) is 10.4. The summed E-state index contributed by atoms with van der Waals surface area (Å²) in [6.45, 7) is 8.71. The van der Waals surface area contributed by atoms with Crippen LogP contribution in [0.5, 0.6) is 0 Å². The first-order chi connectivity index (χ1) is 12.7. The van der Waals surface area contributed by atoms with Gasteiger partial charge < -0.3 is 0 Å². The van der Waals surface area contributed by atoms with Gasteiger partial charge in [-0.3, -0.25) is 0 Å². The topological polar surface area (TPSA) is 0 Å². The second kappa shape index (κ2) is 6.26. The summed E-state index contributed by atoms with van der Waals surface area (Å²) in [5.41, 5.74) is 4.56. The Balaban J connectivity index is 1.75. The normalized spacial score (nSPS) is 33.1. The highest BCUT2D eigenvalue weighted by Gasteiger charge is 2.58. The summed E-state index contributed by atoms with van der Waals surface area (Å²) in [5.74, 6) is 0.619. The van der Waals surface area contributed by atoms with Crippen LogP contribution in [-0.2, 0) is 0 Å². The lowest BCUT2D eigenvalue weighted by Crippen LogP contribution is -2.51. The van der Waals surface area contributed by atoms with E-state index in [1.165, 1.54) is 22.3 Å². The van der Waals surface area contributed by atoms with Crippen molar-refractivity contribution in [1.82, 2.24) is 0 Å². The third kappa shape index (κ3) is 2.50. The molecular weight excluding hydrogens is 371 g/mol. The number of hydrogen-bond acceptors (Lipinski definition) is 0. The van der Waals surface area contributed by atoms with E-state index < -0.39 is 15.2 Å². The Morgan fingerprint density at radius 1 is 0.704 bits per heavy atom. The molecule has 0 bridgehead atoms. The van der Waals surface area contributed by atoms with E-state index in [1.807, 2.05) is 0 Å². The Morgan fingerprint density at radius 2 is 1.04 bits per heavy atom. The van der Waals surface area contributed by atoms with Crippen LogP contribution in [0.3, 0.4) is 0 Å². The van der Waals surface area contributed by atoms with Gasteiger partial charge in [-0.1, -0.05) is 86.8 Å². The summed E-state index contributed by atoms with van der Waals surface area (Å²) in [6.07, 6.45) is 25.9. The zero-order valence-electron chi connectivity index (χ0n) is 16.3. The first-order valence-electron chi connectivity index (χ1n) is 9.61. The molecule has 27 heavy (non-hydrogen) atoms. The van der Waals surface area contributed by atoms with E-state index in [2.05, 4.69) is 101 Å². The van der Waals surface area contributed by atoms with Crippen molar-refractivity contribution in [2.24, 2.45) is 17.3 Å². The summed E-state index contributed by atoms with van der Waals surface area (Å²) in [6, 6.07) is 0. The van der Waals surface area contributed by atoms with E-state index in [0.29, 0.717) is 11.8 Å². The van der Waals surface area contributed by atoms with Gasteiger partial charge in [0.25, 0.3) is 0 Å². The van der Waals surface area contributed by atoms with Crippen LogP contribution >= 0.6 is 23.2 Å². The van der Waals surface area contributed by atoms with Gasteiger partial charge >= 0.3 is 0 Å². The van der Waals surface area contributed by atoms with Crippen molar-refractivity contribution in [3.8, 4) is 0 Å². The van der Waals surface area contributed by atoms with Crippen LogP contribution in [0.1, 0.15) is 27.7 Å². The van der Waals surface area contributed by atoms with Gasteiger partial charge in [0, 0.05) is 17.3 Å². The Kier molecular flexibility index (Phi) is 4.37. The Hall–Kier alpha value is -1.50. The lowest BCUT2D eigenvalue weighted by molar-refractivity contribution is 0.274. The summed E-state index contributed by atoms with van der Waals surface area (Å²) in [5, 5.41) is 0. The fraction of sp³-hybridized carbons (Fsp3) is 0.360. The average Bonchev–Trinajstić information content (AvgIpc) is 3.40. The number of rotatable bonds is 4. The molecule has 0 aromatic carbocycles. The third-order valence-electron chi connectivity index (χ3n) is 6.98. The summed E-state index contributed by atoms with van der Waals surface area (Å²) in [4.78, 5) is -1.26. The van der Waals surface area contributed by atoms with Crippen LogP contribution in [0, 0.1) is 17.3 Å². The van der Waals surface area contributed by atoms with Crippen molar-refractivity contribution in [2.75, 3.05) is 0 Å². The zero-order valence-corrected chi connectivity index (χ0v) is 17.9. The largest absolute Gasteiger partial charge is 0.109 e. The molecule has 2 heteroatoms. The zero-order chi connectivity index (χ0) is 19.4. The van der Waals surface area contributed by atoms with Gasteiger partial charge in [-0.15, -0.1) is 23.2 Å². The van der Waals surface area contributed by atoms with Crippen molar-refractivity contribution in [2.45, 2.75) is 37.4 Å². The van der Waals surface area contributed by atoms with Gasteiger partial charge in [-0.25, -0.2) is 0 Å². The molecule has 2 atom stereocenters. The molecule has 0 amide bonds. The van der Waals surface area contributed by atoms with Crippen LogP contribution in [0.4, 0.5) is 0 Å². The quantitative estimate of drug-likeness (QED) is 0.439. The van der Waals surface area contributed by atoms with E-state index in [0.717, 1.165) is 0 Å². The molecule has 0 aliphatic heterocycles. The van der Waals surface area contributed by atoms with Gasteiger partial charge in [0.1, 0.15) is 0 Å². The van der Waals surface area contributed by atoms with E-state index in [4.69, 9.17) is 23.2 Å². The predicted molar refractivity (Wildman–Crippen MR) is 118 cm³/mol. The Morgan fingerprint density at radius 3 is 1.37 bits per heavy atom. The van der Waals surface area contributed by atoms with Crippen molar-refractivity contribution >= 4 is 23.2 Å². The lowest BCUT2D eigenvalue weighted by atomic mass is 9.64. The lowest BCUT2D eigenvalue weighted by Gasteiger charge is -2.49. The maximum atomic E-state index is 7.37. The van der Waals surface area contributed by atoms with Gasteiger partial charge in [-0.05, 0) is 36.1 Å². The summed E-state index contributed by atoms with van der Waals surface area (Å²) in [7, 11) is 0. The fourth-order valence-electron chi connectivity index (χ4n) is 4.95. The SMILES string of the molecule is CC1=C(C2C=CC=C2)C=CC1(Cl)C(C)(C)C1(Cl)C=CC(C2C=CC=C2)=C1C. The number of alkyl halides is 2. The minimum absolute atomic E-state index is 0.309. The smallest absolute Gasteiger partial charge is 0.0915 e. The standard InChI is InChI=1S/C25H26Cl2/c1-17-21(19-9-5-6-10-19)13-15-24(17,26)23(3,4)25(27)16-14-22(18(25)2)20-11-7-8-12-20/h5-16,19-20H,1-4H3. The highest BCUT2D eigenvalue weighted by molar-refractivity contribution is 6.33. The van der Waals surface area contributed by atoms with Crippen LogP contribution < -0.4 is 0 Å². The van der Waals surface area contributed by atoms with Crippen molar-refractivity contribution in [3.05, 3.63) is 95.2 Å². The molecule has 4 aliphatic rings. The molecule has 4 rings (SSSR count). The van der Waals surface area contributed by atoms with Crippen molar-refractivity contribution in [1.29, 1.82) is 0 Å². The van der Waals surface area contributed by atoms with Gasteiger partial charge in [-0.2, -0.15) is 0 Å². The third-order valence-corrected chi connectivity index (χ3v) is 8.74. The summed E-state index contributed by atoms with van der Waals surface area (Å²) < 4.78 is 0. The van der Waals surface area contributed by atoms with E-state index in [1.54, 1.807) is 0 Å². The van der Waals surface area contributed by atoms with Crippen LogP contribution in [0.25, 0.3) is 0 Å². The minimum Gasteiger partial charge on any atom is -0.109 e. The van der Waals surface area contributed by atoms with E-state index >= 15 is 0 Å². The molecule has 0 N–H and O–H groups in total. The first kappa shape index (κ1) is 18.8. The molecule has 0 nitrogen and oxygen atoms in total. The molecule has 4 aliphatic carbocycles. The molecule has 0 fully saturated rings. The van der Waals surface area contributed by atoms with Crippen molar-refractivity contribution in [3.63, 3.8) is 0 Å². The monoisotopic (exact) mass is 396 g/mol. The second-order valence-corrected chi connectivity index (χ2v) is 9.66. The molecule has 0 radical (unpaired) electrons. The average molecular weight is 397 g/mol. The highest BCUT2D eigenvalue weighted by atomic mass is 35.5. The predicted octanol–water partition coefficient (Wildman–Crippen LogP) is 7.22. The molecule has 0 saturated heterocycles. The highest BCUT2D eigenvalue weighted by Crippen LogP contribution is 2.61. The van der Waals surface area contributed by atoms with Crippen LogP contribution in [-0.4, -0.2) is 9.75 Å². The molecule has 0 aromatic heterocycles. The maximum absolute atomic E-state index is 7.37. The molecule has 0 heterocycles. The molecule has 2 unspecified atom stereocenters. The number of allylic oxidation sites excluding steroid dienone is 16. The summed E-state index contributed by atoms with van der Waals surface area (Å²) >= 11 is 14.7. The molecule has 140 valence electrons. The maximum Gasteiger partial charge on any atom is 0.0915 e. The van der Waals surface area contributed by atoms with Gasteiger partial charge in [0.05, 0.1) is 9.75 Å². The molecule has 0 spiro atoms. The fourth-order valence-corrected chi connectivity index (χ4v) is 5.64. The van der Waals surface area contributed by atoms with Crippen LogP contribution in [0.2, 0.25) is 0 Å². The van der Waals surface area contributed by atoms with E-state index in [9.17, 15) is 0 Å². The molecule has 0 aromatic rings. The van der Waals surface area contributed by atoms with Gasteiger partial charge in [0.15, 0.2) is 0 Å². The molecule has 0 saturated carbocycles. The number of hydrogen-bond donors (Lipinski definition) is 0. The Labute approximate surface area is 173 Å². The van der Waals surface area contributed by atoms with Crippen LogP contribution in [0.15, 0.2) is 95.2 Å². The molecular formula is C25H26Cl2. The minimum atomic E-state index is -0.628. The van der Waals surface area contributed by atoms with Gasteiger partial charge in [0.2, 0.25) is 0 Å². The van der Waals surface area contributed by atoms with Crippen molar-refractivity contribution < 1.29 is 0 Å². The Bertz CT molecular complexity index is 818.